The van der Waals surface area contributed by atoms with Gasteiger partial charge in [0.25, 0.3) is 0 Å². The van der Waals surface area contributed by atoms with Crippen molar-refractivity contribution in [2.45, 2.75) is 50.7 Å². The van der Waals surface area contributed by atoms with Gasteiger partial charge in [-0.25, -0.2) is 0 Å². The summed E-state index contributed by atoms with van der Waals surface area (Å²) in [5.74, 6) is 1.65. The molecule has 1 saturated carbocycles. The van der Waals surface area contributed by atoms with Gasteiger partial charge < -0.3 is 15.1 Å². The molecular weight excluding hydrogens is 346 g/mol. The monoisotopic (exact) mass is 379 g/mol. The third-order valence-corrected chi connectivity index (χ3v) is 6.88. The van der Waals surface area contributed by atoms with Gasteiger partial charge in [-0.15, -0.1) is 0 Å². The van der Waals surface area contributed by atoms with Crippen LogP contribution in [0.15, 0.2) is 54.6 Å². The van der Waals surface area contributed by atoms with Gasteiger partial charge >= 0.3 is 0 Å². The summed E-state index contributed by atoms with van der Waals surface area (Å²) in [6, 6.07) is 18.6. The fourth-order valence-electron chi connectivity index (χ4n) is 5.29. The number of hydrogen-bond donors (Lipinski definition) is 2. The minimum Gasteiger partial charge on any atom is -0.386 e. The minimum absolute atomic E-state index is 0.461. The van der Waals surface area contributed by atoms with Crippen molar-refractivity contribution in [2.24, 2.45) is 11.8 Å². The normalized spacial score (nSPS) is 29.0. The second-order valence-electron chi connectivity index (χ2n) is 9.63. The predicted molar refractivity (Wildman–Crippen MR) is 113 cm³/mol. The Kier molecular flexibility index (Phi) is 5.11. The number of rotatable bonds is 5. The highest BCUT2D eigenvalue weighted by Gasteiger charge is 2.48. The van der Waals surface area contributed by atoms with Crippen LogP contribution in [0.4, 0.5) is 0 Å². The SMILES string of the molecule is CC(CN1C[C@@H]2CC(O)(c3ccccc3)C[C@@H]2C1)c1ccc(C(C)(C)O)cc1. The van der Waals surface area contributed by atoms with E-state index in [0.29, 0.717) is 17.8 Å². The molecule has 3 nitrogen and oxygen atoms in total. The molecule has 2 unspecified atom stereocenters. The highest BCUT2D eigenvalue weighted by atomic mass is 16.3. The fourth-order valence-corrected chi connectivity index (χ4v) is 5.29. The summed E-state index contributed by atoms with van der Waals surface area (Å²) in [5.41, 5.74) is 1.94. The maximum atomic E-state index is 11.2. The quantitative estimate of drug-likeness (QED) is 0.816. The molecule has 2 aromatic carbocycles. The van der Waals surface area contributed by atoms with Crippen molar-refractivity contribution < 1.29 is 10.2 Å². The molecule has 3 heteroatoms. The summed E-state index contributed by atoms with van der Waals surface area (Å²) in [6.07, 6.45) is 1.76. The lowest BCUT2D eigenvalue weighted by molar-refractivity contribution is 0.0312. The Morgan fingerprint density at radius 3 is 2.11 bits per heavy atom. The standard InChI is InChI=1S/C25H33NO2/c1-18(19-9-11-22(12-10-19)24(2,3)27)15-26-16-20-13-25(28,14-21(20)17-26)23-7-5-4-6-8-23/h4-12,18,20-21,27-28H,13-17H2,1-3H3/t18?,20-,21+,25?. The first-order chi connectivity index (χ1) is 13.2. The Morgan fingerprint density at radius 2 is 1.57 bits per heavy atom. The number of aliphatic hydroxyl groups is 2. The van der Waals surface area contributed by atoms with Gasteiger partial charge in [-0.2, -0.15) is 0 Å². The van der Waals surface area contributed by atoms with E-state index in [1.54, 1.807) is 0 Å². The zero-order chi connectivity index (χ0) is 19.9. The van der Waals surface area contributed by atoms with E-state index >= 15 is 0 Å². The van der Waals surface area contributed by atoms with Crippen LogP contribution in [0.3, 0.4) is 0 Å². The lowest BCUT2D eigenvalue weighted by Crippen LogP contribution is -2.30. The first-order valence-electron chi connectivity index (χ1n) is 10.6. The van der Waals surface area contributed by atoms with Gasteiger partial charge in [0.2, 0.25) is 0 Å². The van der Waals surface area contributed by atoms with E-state index in [2.05, 4.69) is 36.1 Å². The smallest absolute Gasteiger partial charge is 0.0903 e. The van der Waals surface area contributed by atoms with Gasteiger partial charge in [-0.05, 0) is 61.1 Å². The summed E-state index contributed by atoms with van der Waals surface area (Å²) < 4.78 is 0. The van der Waals surface area contributed by atoms with Gasteiger partial charge in [0.15, 0.2) is 0 Å². The molecule has 4 rings (SSSR count). The van der Waals surface area contributed by atoms with E-state index in [4.69, 9.17) is 0 Å². The molecule has 1 aliphatic carbocycles. The van der Waals surface area contributed by atoms with Crippen molar-refractivity contribution in [2.75, 3.05) is 19.6 Å². The van der Waals surface area contributed by atoms with Crippen LogP contribution in [0, 0.1) is 11.8 Å². The maximum absolute atomic E-state index is 11.2. The highest BCUT2D eigenvalue weighted by molar-refractivity contribution is 5.29. The van der Waals surface area contributed by atoms with Gasteiger partial charge in [0, 0.05) is 19.6 Å². The molecule has 150 valence electrons. The van der Waals surface area contributed by atoms with Gasteiger partial charge in [0.05, 0.1) is 11.2 Å². The molecule has 1 heterocycles. The molecule has 2 aromatic rings. The third-order valence-electron chi connectivity index (χ3n) is 6.88. The van der Waals surface area contributed by atoms with E-state index in [9.17, 15) is 10.2 Å². The molecule has 0 bridgehead atoms. The van der Waals surface area contributed by atoms with E-state index < -0.39 is 11.2 Å². The van der Waals surface area contributed by atoms with E-state index in [0.717, 1.165) is 43.6 Å². The van der Waals surface area contributed by atoms with Crippen LogP contribution in [0.2, 0.25) is 0 Å². The summed E-state index contributed by atoms with van der Waals surface area (Å²) in [5, 5.41) is 21.3. The van der Waals surface area contributed by atoms with Crippen molar-refractivity contribution in [1.29, 1.82) is 0 Å². The number of benzene rings is 2. The molecule has 1 aliphatic heterocycles. The van der Waals surface area contributed by atoms with Crippen LogP contribution in [-0.4, -0.2) is 34.7 Å². The van der Waals surface area contributed by atoms with Crippen molar-refractivity contribution in [3.8, 4) is 0 Å². The number of fused-ring (bicyclic) bond motifs is 1. The van der Waals surface area contributed by atoms with E-state index in [-0.39, 0.29) is 0 Å². The number of likely N-dealkylation sites (tertiary alicyclic amines) is 1. The fraction of sp³-hybridized carbons (Fsp3) is 0.520. The molecule has 4 atom stereocenters. The van der Waals surface area contributed by atoms with Crippen LogP contribution in [0.5, 0.6) is 0 Å². The number of hydrogen-bond acceptors (Lipinski definition) is 3. The predicted octanol–water partition coefficient (Wildman–Crippen LogP) is 4.25. The molecule has 0 spiro atoms. The molecule has 0 aromatic heterocycles. The summed E-state index contributed by atoms with van der Waals surface area (Å²) >= 11 is 0. The second-order valence-corrected chi connectivity index (χ2v) is 9.63. The summed E-state index contributed by atoms with van der Waals surface area (Å²) in [4.78, 5) is 2.58. The zero-order valence-electron chi connectivity index (χ0n) is 17.3. The largest absolute Gasteiger partial charge is 0.386 e. The van der Waals surface area contributed by atoms with Crippen molar-refractivity contribution in [3.63, 3.8) is 0 Å². The average Bonchev–Trinajstić information content (AvgIpc) is 3.16. The van der Waals surface area contributed by atoms with Crippen molar-refractivity contribution in [1.82, 2.24) is 4.90 Å². The average molecular weight is 380 g/mol. The first-order valence-corrected chi connectivity index (χ1v) is 10.6. The Labute approximate surface area is 169 Å². The molecule has 2 N–H and O–H groups in total. The Bertz CT molecular complexity index is 780. The van der Waals surface area contributed by atoms with Crippen LogP contribution >= 0.6 is 0 Å². The van der Waals surface area contributed by atoms with Crippen molar-refractivity contribution in [3.05, 3.63) is 71.3 Å². The highest BCUT2D eigenvalue weighted by Crippen LogP contribution is 2.49. The van der Waals surface area contributed by atoms with Gasteiger partial charge in [-0.3, -0.25) is 0 Å². The molecule has 0 radical (unpaired) electrons. The molecule has 2 aliphatic rings. The van der Waals surface area contributed by atoms with Crippen LogP contribution in [0.1, 0.15) is 56.2 Å². The Morgan fingerprint density at radius 1 is 1.00 bits per heavy atom. The van der Waals surface area contributed by atoms with Gasteiger partial charge in [0.1, 0.15) is 0 Å². The first kappa shape index (κ1) is 19.6. The lowest BCUT2D eigenvalue weighted by atomic mass is 9.90. The maximum Gasteiger partial charge on any atom is 0.0903 e. The molecular formula is C25H33NO2. The summed E-state index contributed by atoms with van der Waals surface area (Å²) in [6.45, 7) is 9.17. The molecule has 28 heavy (non-hydrogen) atoms. The third kappa shape index (κ3) is 3.89. The Hall–Kier alpha value is -1.68. The molecule has 1 saturated heterocycles. The second kappa shape index (κ2) is 7.29. The van der Waals surface area contributed by atoms with Crippen molar-refractivity contribution >= 4 is 0 Å². The van der Waals surface area contributed by atoms with Crippen LogP contribution < -0.4 is 0 Å². The molecule has 0 amide bonds. The number of nitrogens with zero attached hydrogens (tertiary/aromatic N) is 1. The zero-order valence-corrected chi connectivity index (χ0v) is 17.3. The Balaban J connectivity index is 1.35. The lowest BCUT2D eigenvalue weighted by Gasteiger charge is -2.27. The topological polar surface area (TPSA) is 43.7 Å². The molecule has 2 fully saturated rings. The minimum atomic E-state index is -0.788. The summed E-state index contributed by atoms with van der Waals surface area (Å²) in [7, 11) is 0. The van der Waals surface area contributed by atoms with E-state index in [1.165, 1.54) is 5.56 Å². The van der Waals surface area contributed by atoms with Gasteiger partial charge in [-0.1, -0.05) is 61.5 Å². The van der Waals surface area contributed by atoms with Crippen LogP contribution in [0.25, 0.3) is 0 Å². The van der Waals surface area contributed by atoms with Crippen LogP contribution in [-0.2, 0) is 11.2 Å². The van der Waals surface area contributed by atoms with E-state index in [1.807, 2.05) is 44.2 Å².